The summed E-state index contributed by atoms with van der Waals surface area (Å²) in [4.78, 5) is 28.2. The van der Waals surface area contributed by atoms with Gasteiger partial charge in [0, 0.05) is 6.20 Å². The molecule has 0 spiro atoms. The van der Waals surface area contributed by atoms with Gasteiger partial charge in [0.1, 0.15) is 24.4 Å². The Labute approximate surface area is 118 Å². The predicted octanol–water partition coefficient (Wildman–Crippen LogP) is -0.715. The molecule has 1 aromatic heterocycles. The normalized spacial score (nSPS) is 29.7. The molecule has 0 aromatic carbocycles. The van der Waals surface area contributed by atoms with Crippen LogP contribution in [0.2, 0.25) is 0 Å². The van der Waals surface area contributed by atoms with Gasteiger partial charge >= 0.3 is 13.9 Å². The highest BCUT2D eigenvalue weighted by atomic mass is 31.2. The molecule has 2 rings (SSSR count). The van der Waals surface area contributed by atoms with Crippen LogP contribution in [0, 0.1) is 0 Å². The van der Waals surface area contributed by atoms with Gasteiger partial charge in [-0.05, 0) is 12.1 Å². The second kappa shape index (κ2) is 5.85. The van der Waals surface area contributed by atoms with Gasteiger partial charge in [-0.15, -0.1) is 0 Å². The van der Waals surface area contributed by atoms with Gasteiger partial charge in [0.25, 0.3) is 0 Å². The zero-order valence-corrected chi connectivity index (χ0v) is 11.4. The minimum Gasteiger partial charge on any atom is -0.464 e. The number of nitrogens with zero attached hydrogens (tertiary/aromatic N) is 1. The average Bonchev–Trinajstić information content (AvgIpc) is 2.94. The molecular formula is C10H14NO9P. The van der Waals surface area contributed by atoms with Gasteiger partial charge in [0.15, 0.2) is 0 Å². The quantitative estimate of drug-likeness (QED) is 0.451. The van der Waals surface area contributed by atoms with Crippen molar-refractivity contribution in [3.8, 4) is 0 Å². The van der Waals surface area contributed by atoms with Crippen LogP contribution in [0.25, 0.3) is 0 Å². The molecule has 1 unspecified atom stereocenters. The number of phosphoric acid groups is 1. The fourth-order valence-electron chi connectivity index (χ4n) is 2.10. The van der Waals surface area contributed by atoms with Crippen molar-refractivity contribution in [3.05, 3.63) is 24.0 Å². The number of hydrogen-bond acceptors (Lipinski definition) is 6. The number of aliphatic hydroxyl groups excluding tert-OH is 2. The number of phosphoric ester groups is 1. The largest absolute Gasteiger partial charge is 0.469 e. The Balaban J connectivity index is 2.14. The predicted molar refractivity (Wildman–Crippen MR) is 65.5 cm³/mol. The molecule has 1 aromatic rings. The molecule has 4 atom stereocenters. The van der Waals surface area contributed by atoms with E-state index in [4.69, 9.17) is 19.6 Å². The highest BCUT2D eigenvalue weighted by Gasteiger charge is 2.45. The van der Waals surface area contributed by atoms with Crippen LogP contribution in [0.3, 0.4) is 0 Å². The summed E-state index contributed by atoms with van der Waals surface area (Å²) < 4.78 is 20.9. The molecule has 11 heteroatoms. The smallest absolute Gasteiger partial charge is 0.464 e. The van der Waals surface area contributed by atoms with Gasteiger partial charge < -0.3 is 29.8 Å². The van der Waals surface area contributed by atoms with Crippen LogP contribution in [0.4, 0.5) is 4.79 Å². The molecule has 0 radical (unpaired) electrons. The highest BCUT2D eigenvalue weighted by Crippen LogP contribution is 2.39. The molecular weight excluding hydrogens is 309 g/mol. The first-order valence-electron chi connectivity index (χ1n) is 5.83. The zero-order valence-electron chi connectivity index (χ0n) is 10.5. The Morgan fingerprint density at radius 2 is 2.05 bits per heavy atom. The SMILES string of the molecule is O=C(O)n1cccc1C1O[C@H](COP(=O)(O)O)[C@@H](O)[C@H]1O. The number of hydrogen-bond donors (Lipinski definition) is 5. The third-order valence-corrected chi connectivity index (χ3v) is 3.53. The Morgan fingerprint density at radius 1 is 1.38 bits per heavy atom. The molecule has 5 N–H and O–H groups in total. The van der Waals surface area contributed by atoms with Crippen LogP contribution in [-0.4, -0.2) is 60.7 Å². The van der Waals surface area contributed by atoms with Gasteiger partial charge in [-0.3, -0.25) is 9.09 Å². The first-order chi connectivity index (χ1) is 9.70. The molecule has 0 bridgehead atoms. The van der Waals surface area contributed by atoms with E-state index in [1.165, 1.54) is 18.3 Å². The first-order valence-corrected chi connectivity index (χ1v) is 7.36. The van der Waals surface area contributed by atoms with Crippen LogP contribution in [-0.2, 0) is 13.8 Å². The molecule has 0 amide bonds. The third kappa shape index (κ3) is 3.50. The lowest BCUT2D eigenvalue weighted by Crippen LogP contribution is -2.33. The van der Waals surface area contributed by atoms with Crippen molar-refractivity contribution < 1.29 is 43.7 Å². The van der Waals surface area contributed by atoms with E-state index in [0.717, 1.165) is 4.57 Å². The lowest BCUT2D eigenvalue weighted by Gasteiger charge is -2.15. The van der Waals surface area contributed by atoms with E-state index in [1.807, 2.05) is 0 Å². The first kappa shape index (κ1) is 16.1. The van der Waals surface area contributed by atoms with Crippen molar-refractivity contribution >= 4 is 13.9 Å². The molecule has 10 nitrogen and oxygen atoms in total. The van der Waals surface area contributed by atoms with Crippen LogP contribution in [0.15, 0.2) is 18.3 Å². The Kier molecular flexibility index (Phi) is 4.49. The minimum atomic E-state index is -4.74. The number of aromatic nitrogens is 1. The molecule has 1 aliphatic rings. The fraction of sp³-hybridized carbons (Fsp3) is 0.500. The van der Waals surface area contributed by atoms with Gasteiger partial charge in [-0.2, -0.15) is 0 Å². The maximum atomic E-state index is 11.0. The summed E-state index contributed by atoms with van der Waals surface area (Å²) in [6, 6.07) is 2.81. The molecule has 1 saturated heterocycles. The summed E-state index contributed by atoms with van der Waals surface area (Å²) in [5.41, 5.74) is 0.0905. The second-order valence-corrected chi connectivity index (χ2v) is 5.69. The van der Waals surface area contributed by atoms with E-state index in [0.29, 0.717) is 0 Å². The zero-order chi connectivity index (χ0) is 15.8. The highest BCUT2D eigenvalue weighted by molar-refractivity contribution is 7.46. The number of rotatable bonds is 4. The minimum absolute atomic E-state index is 0.0905. The number of carboxylic acid groups (broad SMARTS) is 1. The molecule has 2 heterocycles. The number of carbonyl (C=O) groups is 1. The molecule has 0 saturated carbocycles. The van der Waals surface area contributed by atoms with Gasteiger partial charge in [0.2, 0.25) is 0 Å². The van der Waals surface area contributed by atoms with Crippen molar-refractivity contribution in [2.45, 2.75) is 24.4 Å². The van der Waals surface area contributed by atoms with Crippen LogP contribution in [0.5, 0.6) is 0 Å². The Hall–Kier alpha value is -1.26. The lowest BCUT2D eigenvalue weighted by atomic mass is 10.1. The van der Waals surface area contributed by atoms with Gasteiger partial charge in [-0.25, -0.2) is 9.36 Å². The Bertz CT molecular complexity index is 567. The summed E-state index contributed by atoms with van der Waals surface area (Å²) in [5.74, 6) is 0. The average molecular weight is 323 g/mol. The summed E-state index contributed by atoms with van der Waals surface area (Å²) in [7, 11) is -4.74. The van der Waals surface area contributed by atoms with Crippen molar-refractivity contribution in [2.24, 2.45) is 0 Å². The summed E-state index contributed by atoms with van der Waals surface area (Å²) in [6.45, 7) is -0.646. The van der Waals surface area contributed by atoms with Crippen LogP contribution >= 0.6 is 7.82 Å². The van der Waals surface area contributed by atoms with E-state index in [9.17, 15) is 19.6 Å². The van der Waals surface area contributed by atoms with Crippen molar-refractivity contribution in [1.82, 2.24) is 4.57 Å². The molecule has 118 valence electrons. The molecule has 21 heavy (non-hydrogen) atoms. The fourth-order valence-corrected chi connectivity index (χ4v) is 2.44. The van der Waals surface area contributed by atoms with E-state index < -0.39 is 44.9 Å². The van der Waals surface area contributed by atoms with E-state index in [-0.39, 0.29) is 5.69 Å². The summed E-state index contributed by atoms with van der Waals surface area (Å²) in [5, 5.41) is 28.7. The van der Waals surface area contributed by atoms with E-state index in [2.05, 4.69) is 4.52 Å². The van der Waals surface area contributed by atoms with Crippen LogP contribution in [0.1, 0.15) is 11.8 Å². The monoisotopic (exact) mass is 323 g/mol. The maximum absolute atomic E-state index is 11.0. The molecule has 0 aliphatic carbocycles. The van der Waals surface area contributed by atoms with Crippen molar-refractivity contribution in [1.29, 1.82) is 0 Å². The van der Waals surface area contributed by atoms with E-state index in [1.54, 1.807) is 0 Å². The van der Waals surface area contributed by atoms with E-state index >= 15 is 0 Å². The van der Waals surface area contributed by atoms with Crippen molar-refractivity contribution in [3.63, 3.8) is 0 Å². The number of ether oxygens (including phenoxy) is 1. The summed E-state index contributed by atoms with van der Waals surface area (Å²) >= 11 is 0. The Morgan fingerprint density at radius 3 is 2.62 bits per heavy atom. The third-order valence-electron chi connectivity index (χ3n) is 3.05. The van der Waals surface area contributed by atoms with Crippen LogP contribution < -0.4 is 0 Å². The lowest BCUT2D eigenvalue weighted by molar-refractivity contribution is -0.0241. The van der Waals surface area contributed by atoms with Crippen molar-refractivity contribution in [2.75, 3.05) is 6.61 Å². The maximum Gasteiger partial charge on any atom is 0.469 e. The van der Waals surface area contributed by atoms with Gasteiger partial charge in [0.05, 0.1) is 12.3 Å². The number of aliphatic hydroxyl groups is 2. The topological polar surface area (TPSA) is 159 Å². The van der Waals surface area contributed by atoms with Gasteiger partial charge in [-0.1, -0.05) is 0 Å². The molecule has 1 fully saturated rings. The molecule has 1 aliphatic heterocycles. The summed E-state index contributed by atoms with van der Waals surface area (Å²) in [6.07, 6.45) is -5.34. The second-order valence-electron chi connectivity index (χ2n) is 4.45. The standard InChI is InChI=1S/C10H14NO9P/c12-7-6(4-19-21(16,17)18)20-9(8(7)13)5-2-1-3-11(5)10(14)15/h1-3,6-9,12-13H,4H2,(H,14,15)(H2,16,17,18)/t6-,7-,8-,9?/m1/s1.